The Hall–Kier alpha value is -5.79. The third kappa shape index (κ3) is 19.4. The molecule has 3 aromatic rings. The average molecular weight is 851 g/mol. The molecule has 0 saturated heterocycles. The van der Waals surface area contributed by atoms with Crippen molar-refractivity contribution in [3.63, 3.8) is 0 Å². The van der Waals surface area contributed by atoms with Gasteiger partial charge in [-0.15, -0.1) is 0 Å². The molecule has 0 amide bonds. The fourth-order valence-corrected chi connectivity index (χ4v) is 5.33. The largest absolute Gasteiger partial charge is 0.482 e. The smallest absolute Gasteiger partial charge is 0.344 e. The van der Waals surface area contributed by atoms with Crippen molar-refractivity contribution in [3.05, 3.63) is 60.2 Å². The number of esters is 5. The minimum Gasteiger partial charge on any atom is -0.482 e. The van der Waals surface area contributed by atoms with Crippen LogP contribution in [0, 0.1) is 0 Å². The van der Waals surface area contributed by atoms with Crippen molar-refractivity contribution in [1.82, 2.24) is 0 Å². The van der Waals surface area contributed by atoms with E-state index in [0.717, 1.165) is 6.42 Å². The number of rotatable bonds is 18. The Labute approximate surface area is 359 Å². The fraction of sp³-hybridized carbons (Fsp3) is 0.511. The van der Waals surface area contributed by atoms with Gasteiger partial charge in [-0.3, -0.25) is 0 Å². The van der Waals surface area contributed by atoms with Crippen molar-refractivity contribution in [2.75, 3.05) is 33.0 Å². The van der Waals surface area contributed by atoms with Gasteiger partial charge in [-0.05, 0) is 154 Å². The minimum atomic E-state index is -0.745. The van der Waals surface area contributed by atoms with Crippen LogP contribution in [0.3, 0.4) is 0 Å². The van der Waals surface area contributed by atoms with E-state index in [2.05, 4.69) is 0 Å². The molecule has 0 bridgehead atoms. The predicted octanol–water partition coefficient (Wildman–Crippen LogP) is 8.86. The van der Waals surface area contributed by atoms with E-state index in [1.807, 2.05) is 6.92 Å². The molecular formula is C47H62O14. The highest BCUT2D eigenvalue weighted by Gasteiger charge is 2.22. The molecule has 334 valence electrons. The monoisotopic (exact) mass is 850 g/mol. The highest BCUT2D eigenvalue weighted by molar-refractivity contribution is 5.94. The predicted molar refractivity (Wildman–Crippen MR) is 228 cm³/mol. The van der Waals surface area contributed by atoms with Gasteiger partial charge in [-0.1, -0.05) is 13.3 Å². The second kappa shape index (κ2) is 21.1. The highest BCUT2D eigenvalue weighted by atomic mass is 16.6. The average Bonchev–Trinajstić information content (AvgIpc) is 3.11. The van der Waals surface area contributed by atoms with Gasteiger partial charge in [-0.25, -0.2) is 24.0 Å². The lowest BCUT2D eigenvalue weighted by molar-refractivity contribution is -0.158. The summed E-state index contributed by atoms with van der Waals surface area (Å²) in [6.07, 6.45) is 1.46. The summed E-state index contributed by atoms with van der Waals surface area (Å²) in [5, 5.41) is 0. The van der Waals surface area contributed by atoms with E-state index in [1.54, 1.807) is 126 Å². The minimum absolute atomic E-state index is 0.191. The van der Waals surface area contributed by atoms with E-state index in [9.17, 15) is 24.0 Å². The second-order valence-electron chi connectivity index (χ2n) is 18.2. The molecule has 0 spiro atoms. The summed E-state index contributed by atoms with van der Waals surface area (Å²) < 4.78 is 50.8. The zero-order valence-electron chi connectivity index (χ0n) is 37.9. The molecule has 0 atom stereocenters. The maximum atomic E-state index is 13.6. The number of hydrogen-bond donors (Lipinski definition) is 0. The van der Waals surface area contributed by atoms with E-state index < -0.39 is 78.7 Å². The van der Waals surface area contributed by atoms with Crippen LogP contribution in [0.1, 0.15) is 113 Å². The molecule has 0 aromatic heterocycles. The van der Waals surface area contributed by atoms with Crippen LogP contribution in [0.5, 0.6) is 23.0 Å². The Morgan fingerprint density at radius 3 is 0.951 bits per heavy atom. The lowest BCUT2D eigenvalue weighted by Crippen LogP contribution is -2.27. The Bertz CT molecular complexity index is 1770. The molecule has 0 N–H and O–H groups in total. The lowest BCUT2D eigenvalue weighted by atomic mass is 9.95. The highest BCUT2D eigenvalue weighted by Crippen LogP contribution is 2.36. The summed E-state index contributed by atoms with van der Waals surface area (Å²) in [4.78, 5) is 64.1. The SMILES string of the molecule is CCCCOC(=O)c1cc(-c2cc(OCC(=O)OC(C)(C)C)cc(OCC(=O)OC(C)(C)C)c2)cc(-c2cc(OCC(=O)OC(C)(C)C)cc(OCC(=O)OC(C)(C)C)c2)c1. The van der Waals surface area contributed by atoms with Crippen LogP contribution < -0.4 is 18.9 Å². The lowest BCUT2D eigenvalue weighted by Gasteiger charge is -2.20. The molecule has 3 aromatic carbocycles. The fourth-order valence-electron chi connectivity index (χ4n) is 5.33. The summed E-state index contributed by atoms with van der Waals surface area (Å²) in [5.41, 5.74) is -0.862. The van der Waals surface area contributed by atoms with Gasteiger partial charge < -0.3 is 42.6 Å². The summed E-state index contributed by atoms with van der Waals surface area (Å²) >= 11 is 0. The van der Waals surface area contributed by atoms with Crippen molar-refractivity contribution in [3.8, 4) is 45.3 Å². The van der Waals surface area contributed by atoms with Gasteiger partial charge in [0.05, 0.1) is 12.2 Å². The molecule has 14 nitrogen and oxygen atoms in total. The van der Waals surface area contributed by atoms with Crippen molar-refractivity contribution in [1.29, 1.82) is 0 Å². The molecule has 0 fully saturated rings. The molecule has 0 aliphatic rings. The zero-order chi connectivity index (χ0) is 45.8. The molecule has 3 rings (SSSR count). The van der Waals surface area contributed by atoms with Crippen LogP contribution in [-0.4, -0.2) is 85.3 Å². The zero-order valence-corrected chi connectivity index (χ0v) is 37.9. The standard InChI is InChI=1S/C47H62O14/c1-14-15-16-53-43(52)34-18-30(32-20-35(54-26-39(48)58-44(2,3)4)24-36(21-32)55-27-40(49)59-45(5,6)7)17-31(19-34)33-22-37(56-28-41(50)60-46(8,9)10)25-38(23-33)57-29-42(51)61-47(11,12)13/h17-25H,14-16,26-29H2,1-13H3. The second-order valence-corrected chi connectivity index (χ2v) is 18.2. The number of ether oxygens (including phenoxy) is 9. The maximum Gasteiger partial charge on any atom is 0.344 e. The van der Waals surface area contributed by atoms with Crippen LogP contribution in [0.4, 0.5) is 0 Å². The number of carbonyl (C=O) groups excluding carboxylic acids is 5. The molecule has 0 saturated carbocycles. The molecule has 0 heterocycles. The Kier molecular flexibility index (Phi) is 17.2. The molecule has 0 aliphatic heterocycles. The molecule has 0 unspecified atom stereocenters. The number of benzene rings is 3. The van der Waals surface area contributed by atoms with E-state index in [0.29, 0.717) is 28.7 Å². The third-order valence-corrected chi connectivity index (χ3v) is 7.43. The summed E-state index contributed by atoms with van der Waals surface area (Å²) in [5.74, 6) is -2.19. The Morgan fingerprint density at radius 1 is 0.410 bits per heavy atom. The number of carbonyl (C=O) groups is 5. The van der Waals surface area contributed by atoms with Crippen molar-refractivity contribution < 1.29 is 66.6 Å². The molecular weight excluding hydrogens is 789 g/mol. The van der Waals surface area contributed by atoms with Gasteiger partial charge >= 0.3 is 29.8 Å². The third-order valence-electron chi connectivity index (χ3n) is 7.43. The van der Waals surface area contributed by atoms with Crippen molar-refractivity contribution in [2.24, 2.45) is 0 Å². The van der Waals surface area contributed by atoms with E-state index in [4.69, 9.17) is 42.6 Å². The van der Waals surface area contributed by atoms with Crippen LogP contribution in [-0.2, 0) is 42.9 Å². The van der Waals surface area contributed by atoms with Crippen LogP contribution in [0.15, 0.2) is 54.6 Å². The quantitative estimate of drug-likeness (QED) is 0.0676. The summed E-state index contributed by atoms with van der Waals surface area (Å²) in [7, 11) is 0. The topological polar surface area (TPSA) is 168 Å². The van der Waals surface area contributed by atoms with E-state index >= 15 is 0 Å². The van der Waals surface area contributed by atoms with E-state index in [-0.39, 0.29) is 35.2 Å². The number of unbranched alkanes of at least 4 members (excludes halogenated alkanes) is 1. The molecule has 0 aliphatic carbocycles. The Balaban J connectivity index is 2.20. The summed E-state index contributed by atoms with van der Waals surface area (Å²) in [6, 6.07) is 14.6. The summed E-state index contributed by atoms with van der Waals surface area (Å²) in [6.45, 7) is 21.4. The molecule has 0 radical (unpaired) electrons. The van der Waals surface area contributed by atoms with Crippen LogP contribution >= 0.6 is 0 Å². The van der Waals surface area contributed by atoms with Crippen LogP contribution in [0.25, 0.3) is 22.3 Å². The van der Waals surface area contributed by atoms with Gasteiger partial charge in [0.1, 0.15) is 45.4 Å². The first-order valence-corrected chi connectivity index (χ1v) is 20.2. The van der Waals surface area contributed by atoms with Gasteiger partial charge in [-0.2, -0.15) is 0 Å². The molecule has 61 heavy (non-hydrogen) atoms. The maximum absolute atomic E-state index is 13.6. The molecule has 14 heteroatoms. The van der Waals surface area contributed by atoms with Gasteiger partial charge in [0, 0.05) is 12.1 Å². The van der Waals surface area contributed by atoms with E-state index in [1.165, 1.54) is 12.1 Å². The van der Waals surface area contributed by atoms with Crippen LogP contribution in [0.2, 0.25) is 0 Å². The van der Waals surface area contributed by atoms with Crippen molar-refractivity contribution >= 4 is 29.8 Å². The first-order valence-electron chi connectivity index (χ1n) is 20.2. The van der Waals surface area contributed by atoms with Gasteiger partial charge in [0.25, 0.3) is 0 Å². The number of hydrogen-bond acceptors (Lipinski definition) is 14. The first kappa shape index (κ1) is 49.6. The van der Waals surface area contributed by atoms with Gasteiger partial charge in [0.2, 0.25) is 0 Å². The van der Waals surface area contributed by atoms with Crippen molar-refractivity contribution in [2.45, 2.75) is 125 Å². The normalized spacial score (nSPS) is 11.8. The first-order chi connectivity index (χ1) is 28.2. The van der Waals surface area contributed by atoms with Gasteiger partial charge in [0.15, 0.2) is 26.4 Å². The Morgan fingerprint density at radius 2 is 0.689 bits per heavy atom.